The first kappa shape index (κ1) is 18.8. The fraction of sp³-hybridized carbons (Fsp3) is 0.429. The molecule has 1 saturated heterocycles. The van der Waals surface area contributed by atoms with E-state index < -0.39 is 10.2 Å². The van der Waals surface area contributed by atoms with Crippen LogP contribution in [0.15, 0.2) is 35.4 Å². The number of halogens is 2. The summed E-state index contributed by atoms with van der Waals surface area (Å²) < 4.78 is 41.5. The van der Waals surface area contributed by atoms with E-state index in [0.717, 1.165) is 31.7 Å². The van der Waals surface area contributed by atoms with Crippen molar-refractivity contribution in [2.24, 2.45) is 0 Å². The molecule has 0 radical (unpaired) electrons. The van der Waals surface area contributed by atoms with Crippen LogP contribution < -0.4 is 5.32 Å². The lowest BCUT2D eigenvalue weighted by molar-refractivity contribution is 0.110. The zero-order valence-corrected chi connectivity index (χ0v) is 14.4. The predicted octanol–water partition coefficient (Wildman–Crippen LogP) is 1.62. The van der Waals surface area contributed by atoms with Gasteiger partial charge in [-0.15, -0.1) is 21.4 Å². The van der Waals surface area contributed by atoms with Crippen molar-refractivity contribution in [3.05, 3.63) is 36.2 Å². The predicted molar refractivity (Wildman–Crippen MR) is 87.6 cm³/mol. The van der Waals surface area contributed by atoms with Gasteiger partial charge in [-0.1, -0.05) is 5.21 Å². The van der Waals surface area contributed by atoms with Crippen LogP contribution in [0.2, 0.25) is 0 Å². The molecule has 2 heterocycles. The van der Waals surface area contributed by atoms with E-state index in [1.165, 1.54) is 28.9 Å². The highest BCUT2D eigenvalue weighted by atomic mass is 35.5. The maximum atomic E-state index is 12.8. The molecule has 10 heteroatoms. The Hall–Kier alpha value is -1.55. The molecule has 1 N–H and O–H groups in total. The molecule has 1 aliphatic rings. The van der Waals surface area contributed by atoms with Gasteiger partial charge in [0.2, 0.25) is 0 Å². The molecule has 1 aromatic carbocycles. The zero-order valence-electron chi connectivity index (χ0n) is 12.8. The van der Waals surface area contributed by atoms with Gasteiger partial charge in [-0.05, 0) is 37.1 Å². The number of ether oxygens (including phenoxy) is 1. The van der Waals surface area contributed by atoms with E-state index >= 15 is 0 Å². The minimum atomic E-state index is -4.68. The fourth-order valence-electron chi connectivity index (χ4n) is 2.43. The minimum absolute atomic E-state index is 0. The van der Waals surface area contributed by atoms with Crippen molar-refractivity contribution in [2.75, 3.05) is 13.2 Å². The molecule has 1 unspecified atom stereocenters. The summed E-state index contributed by atoms with van der Waals surface area (Å²) >= 11 is 0. The van der Waals surface area contributed by atoms with Gasteiger partial charge in [-0.2, -0.15) is 8.42 Å². The zero-order chi connectivity index (χ0) is 16.3. The first-order valence-electron chi connectivity index (χ1n) is 7.31. The Bertz CT molecular complexity index is 761. The molecule has 1 aliphatic heterocycles. The summed E-state index contributed by atoms with van der Waals surface area (Å²) in [5.41, 5.74) is 1.36. The van der Waals surface area contributed by atoms with Crippen LogP contribution >= 0.6 is 12.4 Å². The van der Waals surface area contributed by atoms with E-state index in [1.807, 2.05) is 0 Å². The van der Waals surface area contributed by atoms with Gasteiger partial charge >= 0.3 is 10.2 Å². The molecular weight excluding hydrogens is 359 g/mol. The van der Waals surface area contributed by atoms with Gasteiger partial charge in [0.15, 0.2) is 0 Å². The third-order valence-corrected chi connectivity index (χ3v) is 4.46. The molecule has 1 atom stereocenters. The number of benzene rings is 1. The van der Waals surface area contributed by atoms with Crippen molar-refractivity contribution < 1.29 is 17.0 Å². The van der Waals surface area contributed by atoms with E-state index in [1.54, 1.807) is 6.20 Å². The quantitative estimate of drug-likeness (QED) is 0.771. The molecule has 0 amide bonds. The highest BCUT2D eigenvalue weighted by Gasteiger charge is 2.15. The summed E-state index contributed by atoms with van der Waals surface area (Å²) in [6.45, 7) is 2.17. The van der Waals surface area contributed by atoms with E-state index in [2.05, 4.69) is 15.6 Å². The van der Waals surface area contributed by atoms with Gasteiger partial charge < -0.3 is 10.1 Å². The van der Waals surface area contributed by atoms with Gasteiger partial charge in [-0.25, -0.2) is 4.68 Å². The van der Waals surface area contributed by atoms with E-state index in [0.29, 0.717) is 12.2 Å². The summed E-state index contributed by atoms with van der Waals surface area (Å²) in [5, 5.41) is 11.3. The molecule has 0 bridgehead atoms. The summed E-state index contributed by atoms with van der Waals surface area (Å²) in [6.07, 6.45) is 4.18. The first-order chi connectivity index (χ1) is 11.0. The molecule has 1 aromatic heterocycles. The van der Waals surface area contributed by atoms with Gasteiger partial charge in [0.05, 0.1) is 28.6 Å². The van der Waals surface area contributed by atoms with Crippen LogP contribution in [0.1, 0.15) is 18.5 Å². The first-order valence-corrected chi connectivity index (χ1v) is 8.69. The highest BCUT2D eigenvalue weighted by molar-refractivity contribution is 7.86. The molecule has 7 nitrogen and oxygen atoms in total. The van der Waals surface area contributed by atoms with Crippen molar-refractivity contribution in [3.8, 4) is 5.69 Å². The third kappa shape index (κ3) is 4.73. The van der Waals surface area contributed by atoms with Crippen molar-refractivity contribution in [1.29, 1.82) is 0 Å². The van der Waals surface area contributed by atoms with Crippen LogP contribution in [0.4, 0.5) is 3.89 Å². The van der Waals surface area contributed by atoms with Crippen LogP contribution in [0.5, 0.6) is 0 Å². The van der Waals surface area contributed by atoms with Gasteiger partial charge in [0.25, 0.3) is 0 Å². The SMILES string of the molecule is Cl.O=S(=O)(F)c1ccc(-n2cc(CNCC3CCCO3)nn2)cc1. The summed E-state index contributed by atoms with van der Waals surface area (Å²) in [5.74, 6) is 0. The normalized spacial score (nSPS) is 17.6. The monoisotopic (exact) mass is 376 g/mol. The van der Waals surface area contributed by atoms with Gasteiger partial charge in [0.1, 0.15) is 0 Å². The molecule has 2 aromatic rings. The van der Waals surface area contributed by atoms with E-state index in [4.69, 9.17) is 4.74 Å². The average Bonchev–Trinajstić information content (AvgIpc) is 3.18. The smallest absolute Gasteiger partial charge is 0.332 e. The molecule has 3 rings (SSSR count). The molecule has 0 spiro atoms. The lowest BCUT2D eigenvalue weighted by atomic mass is 10.2. The lowest BCUT2D eigenvalue weighted by Crippen LogP contribution is -2.25. The van der Waals surface area contributed by atoms with Crippen LogP contribution in [0.3, 0.4) is 0 Å². The van der Waals surface area contributed by atoms with E-state index in [9.17, 15) is 12.3 Å². The van der Waals surface area contributed by atoms with Crippen LogP contribution in [0.25, 0.3) is 5.69 Å². The molecule has 0 aliphatic carbocycles. The second-order valence-corrected chi connectivity index (χ2v) is 6.70. The largest absolute Gasteiger partial charge is 0.377 e. The highest BCUT2D eigenvalue weighted by Crippen LogP contribution is 2.15. The standard InChI is InChI=1S/C14H17FN4O3S.ClH/c15-23(20,21)14-5-3-12(4-6-14)19-10-11(17-18-19)8-16-9-13-2-1-7-22-13;/h3-6,10,13,16H,1-2,7-9H2;1H. The Balaban J connectivity index is 0.00000208. The minimum Gasteiger partial charge on any atom is -0.377 e. The van der Waals surface area contributed by atoms with Crippen molar-refractivity contribution in [2.45, 2.75) is 30.4 Å². The van der Waals surface area contributed by atoms with Crippen molar-refractivity contribution in [1.82, 2.24) is 20.3 Å². The Kier molecular flexibility index (Phi) is 6.27. The summed E-state index contributed by atoms with van der Waals surface area (Å²) in [7, 11) is -4.68. The number of rotatable bonds is 6. The van der Waals surface area contributed by atoms with Crippen LogP contribution in [0, 0.1) is 0 Å². The number of aromatic nitrogens is 3. The molecular formula is C14H18ClFN4O3S. The van der Waals surface area contributed by atoms with Crippen LogP contribution in [-0.4, -0.2) is 42.7 Å². The Morgan fingerprint density at radius 3 is 2.71 bits per heavy atom. The fourth-order valence-corrected chi connectivity index (χ4v) is 2.89. The van der Waals surface area contributed by atoms with Crippen LogP contribution in [-0.2, 0) is 21.5 Å². The second-order valence-electron chi connectivity index (χ2n) is 5.35. The van der Waals surface area contributed by atoms with Gasteiger partial charge in [-0.3, -0.25) is 0 Å². The maximum absolute atomic E-state index is 12.8. The van der Waals surface area contributed by atoms with Crippen molar-refractivity contribution >= 4 is 22.6 Å². The summed E-state index contributed by atoms with van der Waals surface area (Å²) in [6, 6.07) is 5.35. The topological polar surface area (TPSA) is 86.1 Å². The van der Waals surface area contributed by atoms with E-state index in [-0.39, 0.29) is 23.4 Å². The summed E-state index contributed by atoms with van der Waals surface area (Å²) in [4.78, 5) is -0.375. The number of nitrogens with one attached hydrogen (secondary N) is 1. The molecule has 0 saturated carbocycles. The Labute approximate surface area is 145 Å². The number of hydrogen-bond donors (Lipinski definition) is 1. The molecule has 132 valence electrons. The average molecular weight is 377 g/mol. The lowest BCUT2D eigenvalue weighted by Gasteiger charge is -2.08. The molecule has 24 heavy (non-hydrogen) atoms. The maximum Gasteiger partial charge on any atom is 0.332 e. The molecule has 1 fully saturated rings. The third-order valence-electron chi connectivity index (χ3n) is 3.63. The Morgan fingerprint density at radius 1 is 1.33 bits per heavy atom. The second kappa shape index (κ2) is 8.02. The number of nitrogens with zero attached hydrogens (tertiary/aromatic N) is 3. The Morgan fingerprint density at radius 2 is 2.08 bits per heavy atom. The van der Waals surface area contributed by atoms with Crippen molar-refractivity contribution in [3.63, 3.8) is 0 Å². The number of hydrogen-bond acceptors (Lipinski definition) is 6. The van der Waals surface area contributed by atoms with Gasteiger partial charge in [0, 0.05) is 19.7 Å².